The maximum absolute atomic E-state index is 5.72. The third kappa shape index (κ3) is 1.84. The van der Waals surface area contributed by atoms with Crippen molar-refractivity contribution in [2.24, 2.45) is 5.92 Å². The third-order valence-corrected chi connectivity index (χ3v) is 3.06. The minimum absolute atomic E-state index is 0.345. The van der Waals surface area contributed by atoms with Crippen LogP contribution in [0.5, 0.6) is 0 Å². The zero-order valence-electron chi connectivity index (χ0n) is 8.77. The third-order valence-electron chi connectivity index (χ3n) is 3.06. The highest BCUT2D eigenvalue weighted by Gasteiger charge is 2.41. The summed E-state index contributed by atoms with van der Waals surface area (Å²) in [4.78, 5) is 4.14. The molecule has 82 valence electrons. The van der Waals surface area contributed by atoms with Crippen LogP contribution in [0.3, 0.4) is 0 Å². The summed E-state index contributed by atoms with van der Waals surface area (Å²) in [6, 6.07) is 0.867. The van der Waals surface area contributed by atoms with Crippen LogP contribution < -0.4 is 5.32 Å². The predicted molar refractivity (Wildman–Crippen MR) is 53.5 cm³/mol. The Morgan fingerprint density at radius 1 is 1.33 bits per heavy atom. The van der Waals surface area contributed by atoms with Crippen LogP contribution in [0.15, 0.2) is 4.52 Å². The van der Waals surface area contributed by atoms with E-state index in [1.165, 1.54) is 12.8 Å². The van der Waals surface area contributed by atoms with E-state index in [1.807, 2.05) is 6.92 Å². The molecule has 0 bridgehead atoms. The van der Waals surface area contributed by atoms with Crippen LogP contribution in [0.1, 0.15) is 25.1 Å². The van der Waals surface area contributed by atoms with Crippen LogP contribution in [-0.2, 0) is 4.74 Å². The van der Waals surface area contributed by atoms with Crippen LogP contribution in [0.4, 0.5) is 6.01 Å². The normalized spacial score (nSPS) is 30.7. The molecule has 1 saturated heterocycles. The Morgan fingerprint density at radius 3 is 2.87 bits per heavy atom. The van der Waals surface area contributed by atoms with Gasteiger partial charge in [-0.2, -0.15) is 4.98 Å². The maximum atomic E-state index is 5.72. The number of hydrogen-bond acceptors (Lipinski definition) is 5. The Kier molecular flexibility index (Phi) is 2.12. The van der Waals surface area contributed by atoms with Gasteiger partial charge in [0.15, 0.2) is 5.82 Å². The standard InChI is InChI=1S/C10H15N3O2/c1-6-11-10(15-13-6)12-8-4-5-14-9(8)7-2-3-7/h7-9H,2-5H2,1H3,(H,11,12,13). The smallest absolute Gasteiger partial charge is 0.321 e. The first-order valence-electron chi connectivity index (χ1n) is 5.51. The SMILES string of the molecule is Cc1noc(NC2CCOC2C2CC2)n1. The van der Waals surface area contributed by atoms with Crippen molar-refractivity contribution < 1.29 is 9.26 Å². The number of ether oxygens (including phenoxy) is 1. The number of aromatic nitrogens is 2. The Morgan fingerprint density at radius 2 is 2.20 bits per heavy atom. The van der Waals surface area contributed by atoms with Crippen molar-refractivity contribution in [3.05, 3.63) is 5.82 Å². The van der Waals surface area contributed by atoms with Crippen LogP contribution in [0, 0.1) is 12.8 Å². The summed E-state index contributed by atoms with van der Waals surface area (Å²) >= 11 is 0. The molecule has 1 N–H and O–H groups in total. The number of aryl methyl sites for hydroxylation is 1. The summed E-state index contributed by atoms with van der Waals surface area (Å²) < 4.78 is 10.8. The Labute approximate surface area is 88.2 Å². The molecule has 2 aliphatic rings. The van der Waals surface area contributed by atoms with Crippen LogP contribution in [0.2, 0.25) is 0 Å². The fraction of sp³-hybridized carbons (Fsp3) is 0.800. The van der Waals surface area contributed by atoms with Gasteiger partial charge >= 0.3 is 6.01 Å². The van der Waals surface area contributed by atoms with Gasteiger partial charge in [0.05, 0.1) is 12.1 Å². The van der Waals surface area contributed by atoms with Crippen molar-refractivity contribution >= 4 is 6.01 Å². The number of hydrogen-bond donors (Lipinski definition) is 1. The summed E-state index contributed by atoms with van der Waals surface area (Å²) in [6.45, 7) is 2.66. The van der Waals surface area contributed by atoms with Gasteiger partial charge in [-0.25, -0.2) is 0 Å². The van der Waals surface area contributed by atoms with E-state index < -0.39 is 0 Å². The van der Waals surface area contributed by atoms with Gasteiger partial charge in [0.25, 0.3) is 0 Å². The molecule has 1 aromatic rings. The van der Waals surface area contributed by atoms with Gasteiger partial charge in [-0.3, -0.25) is 0 Å². The molecule has 0 radical (unpaired) electrons. The molecule has 1 aliphatic carbocycles. The topological polar surface area (TPSA) is 60.2 Å². The van der Waals surface area contributed by atoms with Gasteiger partial charge in [0.2, 0.25) is 0 Å². The zero-order valence-corrected chi connectivity index (χ0v) is 8.77. The van der Waals surface area contributed by atoms with E-state index >= 15 is 0 Å². The lowest BCUT2D eigenvalue weighted by Gasteiger charge is -2.17. The second-order valence-corrected chi connectivity index (χ2v) is 4.36. The molecule has 2 atom stereocenters. The minimum atomic E-state index is 0.345. The summed E-state index contributed by atoms with van der Waals surface area (Å²) in [6.07, 6.45) is 3.97. The quantitative estimate of drug-likeness (QED) is 0.814. The molecule has 5 heteroatoms. The summed E-state index contributed by atoms with van der Waals surface area (Å²) in [5.74, 6) is 1.41. The molecule has 3 rings (SSSR count). The van der Waals surface area contributed by atoms with E-state index in [1.54, 1.807) is 0 Å². The lowest BCUT2D eigenvalue weighted by Crippen LogP contribution is -2.31. The number of nitrogens with zero attached hydrogens (tertiary/aromatic N) is 2. The largest absolute Gasteiger partial charge is 0.376 e. The van der Waals surface area contributed by atoms with Gasteiger partial charge in [-0.15, -0.1) is 0 Å². The van der Waals surface area contributed by atoms with Gasteiger partial charge < -0.3 is 14.6 Å². The van der Waals surface area contributed by atoms with Crippen LogP contribution in [0.25, 0.3) is 0 Å². The Bertz CT molecular complexity index is 348. The van der Waals surface area contributed by atoms with Crippen molar-refractivity contribution in [1.82, 2.24) is 10.1 Å². The highest BCUT2D eigenvalue weighted by atomic mass is 16.5. The Balaban J connectivity index is 1.66. The molecular formula is C10H15N3O2. The van der Waals surface area contributed by atoms with Crippen LogP contribution >= 0.6 is 0 Å². The molecule has 2 fully saturated rings. The second-order valence-electron chi connectivity index (χ2n) is 4.36. The van der Waals surface area contributed by atoms with E-state index in [0.717, 1.165) is 18.9 Å². The average molecular weight is 209 g/mol. The molecule has 1 aliphatic heterocycles. The monoisotopic (exact) mass is 209 g/mol. The Hall–Kier alpha value is -1.10. The van der Waals surface area contributed by atoms with Gasteiger partial charge in [-0.05, 0) is 32.1 Å². The molecule has 0 amide bonds. The summed E-state index contributed by atoms with van der Waals surface area (Å²) in [5, 5.41) is 7.02. The van der Waals surface area contributed by atoms with E-state index in [4.69, 9.17) is 9.26 Å². The van der Waals surface area contributed by atoms with Crippen molar-refractivity contribution in [2.75, 3.05) is 11.9 Å². The second kappa shape index (κ2) is 3.48. The molecule has 5 nitrogen and oxygen atoms in total. The van der Waals surface area contributed by atoms with E-state index in [0.29, 0.717) is 24.0 Å². The van der Waals surface area contributed by atoms with Gasteiger partial charge in [0.1, 0.15) is 0 Å². The molecule has 1 saturated carbocycles. The first kappa shape index (κ1) is 9.15. The van der Waals surface area contributed by atoms with E-state index in [2.05, 4.69) is 15.5 Å². The van der Waals surface area contributed by atoms with E-state index in [9.17, 15) is 0 Å². The van der Waals surface area contributed by atoms with E-state index in [-0.39, 0.29) is 0 Å². The molecule has 15 heavy (non-hydrogen) atoms. The predicted octanol–water partition coefficient (Wildman–Crippen LogP) is 1.36. The lowest BCUT2D eigenvalue weighted by atomic mass is 10.1. The van der Waals surface area contributed by atoms with Crippen molar-refractivity contribution in [2.45, 2.75) is 38.3 Å². The molecule has 2 heterocycles. The minimum Gasteiger partial charge on any atom is -0.376 e. The number of rotatable bonds is 3. The first-order valence-corrected chi connectivity index (χ1v) is 5.51. The van der Waals surface area contributed by atoms with Crippen LogP contribution in [-0.4, -0.2) is 28.9 Å². The molecule has 0 spiro atoms. The van der Waals surface area contributed by atoms with Crippen molar-refractivity contribution in [3.63, 3.8) is 0 Å². The average Bonchev–Trinajstić information content (AvgIpc) is 2.83. The highest BCUT2D eigenvalue weighted by molar-refractivity contribution is 5.22. The fourth-order valence-corrected chi connectivity index (χ4v) is 2.17. The zero-order chi connectivity index (χ0) is 10.3. The summed E-state index contributed by atoms with van der Waals surface area (Å²) in [5.41, 5.74) is 0. The van der Waals surface area contributed by atoms with Crippen molar-refractivity contribution in [3.8, 4) is 0 Å². The molecule has 1 aromatic heterocycles. The maximum Gasteiger partial charge on any atom is 0.321 e. The number of nitrogens with one attached hydrogen (secondary N) is 1. The van der Waals surface area contributed by atoms with Gasteiger partial charge in [-0.1, -0.05) is 5.16 Å². The lowest BCUT2D eigenvalue weighted by molar-refractivity contribution is 0.0894. The molecule has 0 aromatic carbocycles. The fourth-order valence-electron chi connectivity index (χ4n) is 2.17. The highest BCUT2D eigenvalue weighted by Crippen LogP contribution is 2.39. The summed E-state index contributed by atoms with van der Waals surface area (Å²) in [7, 11) is 0. The first-order chi connectivity index (χ1) is 7.33. The molecule has 2 unspecified atom stereocenters. The van der Waals surface area contributed by atoms with Gasteiger partial charge in [0, 0.05) is 6.61 Å². The number of anilines is 1. The van der Waals surface area contributed by atoms with Crippen molar-refractivity contribution in [1.29, 1.82) is 0 Å². The molecular weight excluding hydrogens is 194 g/mol.